The molecule has 0 atom stereocenters. The summed E-state index contributed by atoms with van der Waals surface area (Å²) in [7, 11) is 1.83. The van der Waals surface area contributed by atoms with E-state index >= 15 is 0 Å². The molecule has 128 valence electrons. The summed E-state index contributed by atoms with van der Waals surface area (Å²) < 4.78 is 5.76. The van der Waals surface area contributed by atoms with Gasteiger partial charge in [-0.15, -0.1) is 11.8 Å². The van der Waals surface area contributed by atoms with Gasteiger partial charge in [0.25, 0.3) is 0 Å². The van der Waals surface area contributed by atoms with E-state index in [2.05, 4.69) is 46.1 Å². The molecule has 0 saturated carbocycles. The van der Waals surface area contributed by atoms with Crippen molar-refractivity contribution in [2.45, 2.75) is 22.5 Å². The van der Waals surface area contributed by atoms with Crippen molar-refractivity contribution >= 4 is 29.5 Å². The summed E-state index contributed by atoms with van der Waals surface area (Å²) in [6.45, 7) is 3.56. The Hall–Kier alpha value is -0.850. The van der Waals surface area contributed by atoms with Gasteiger partial charge >= 0.3 is 0 Å². The summed E-state index contributed by atoms with van der Waals surface area (Å²) >= 11 is 3.80. The molecule has 0 unspecified atom stereocenters. The third-order valence-electron chi connectivity index (χ3n) is 4.05. The van der Waals surface area contributed by atoms with Gasteiger partial charge in [0.15, 0.2) is 5.96 Å². The predicted octanol–water partition coefficient (Wildman–Crippen LogP) is 2.86. The maximum Gasteiger partial charge on any atom is 0.191 e. The molecule has 1 aromatic rings. The van der Waals surface area contributed by atoms with Crippen LogP contribution in [0, 0.1) is 0 Å². The van der Waals surface area contributed by atoms with Gasteiger partial charge in [0.05, 0.1) is 0 Å². The standard InChI is InChI=1S/C17H27N3OS2/c1-18-16(19-10-13-23-15-6-4-3-5-7-15)20-14-17(22-2)8-11-21-12-9-17/h3-7H,8-14H2,1-2H3,(H2,18,19,20). The van der Waals surface area contributed by atoms with E-state index in [0.29, 0.717) is 0 Å². The highest BCUT2D eigenvalue weighted by Crippen LogP contribution is 2.32. The van der Waals surface area contributed by atoms with Crippen LogP contribution < -0.4 is 10.6 Å². The fourth-order valence-electron chi connectivity index (χ4n) is 2.52. The lowest BCUT2D eigenvalue weighted by Crippen LogP contribution is -2.48. The molecule has 0 aliphatic carbocycles. The molecule has 0 bridgehead atoms. The molecule has 23 heavy (non-hydrogen) atoms. The SMILES string of the molecule is CN=C(NCCSc1ccccc1)NCC1(SC)CCOCC1. The Morgan fingerprint density at radius 1 is 1.22 bits per heavy atom. The molecule has 1 heterocycles. The Morgan fingerprint density at radius 3 is 2.61 bits per heavy atom. The van der Waals surface area contributed by atoms with Gasteiger partial charge in [-0.3, -0.25) is 4.99 Å². The van der Waals surface area contributed by atoms with E-state index in [1.54, 1.807) is 0 Å². The van der Waals surface area contributed by atoms with Gasteiger partial charge in [0.1, 0.15) is 0 Å². The Balaban J connectivity index is 1.68. The van der Waals surface area contributed by atoms with E-state index in [9.17, 15) is 0 Å². The molecule has 0 aromatic heterocycles. The molecule has 1 aliphatic rings. The molecular formula is C17H27N3OS2. The lowest BCUT2D eigenvalue weighted by molar-refractivity contribution is 0.0783. The number of rotatable bonds is 7. The smallest absolute Gasteiger partial charge is 0.191 e. The minimum absolute atomic E-state index is 0.272. The minimum atomic E-state index is 0.272. The van der Waals surface area contributed by atoms with Crippen molar-refractivity contribution in [3.05, 3.63) is 30.3 Å². The number of nitrogens with zero attached hydrogens (tertiary/aromatic N) is 1. The largest absolute Gasteiger partial charge is 0.381 e. The molecule has 1 saturated heterocycles. The van der Waals surface area contributed by atoms with Crippen LogP contribution in [0.2, 0.25) is 0 Å². The number of aliphatic imine (C=N–C) groups is 1. The highest BCUT2D eigenvalue weighted by molar-refractivity contribution is 8.00. The van der Waals surface area contributed by atoms with Crippen molar-refractivity contribution in [2.24, 2.45) is 4.99 Å². The van der Waals surface area contributed by atoms with Crippen LogP contribution in [0.4, 0.5) is 0 Å². The third-order valence-corrected chi connectivity index (χ3v) is 6.48. The highest BCUT2D eigenvalue weighted by atomic mass is 32.2. The highest BCUT2D eigenvalue weighted by Gasteiger charge is 2.31. The number of hydrogen-bond acceptors (Lipinski definition) is 4. The van der Waals surface area contributed by atoms with Gasteiger partial charge in [-0.1, -0.05) is 18.2 Å². The van der Waals surface area contributed by atoms with Gasteiger partial charge in [-0.2, -0.15) is 11.8 Å². The third kappa shape index (κ3) is 6.28. The van der Waals surface area contributed by atoms with Crippen LogP contribution in [0.3, 0.4) is 0 Å². The van der Waals surface area contributed by atoms with Crippen molar-refractivity contribution in [3.63, 3.8) is 0 Å². The van der Waals surface area contributed by atoms with Gasteiger partial charge < -0.3 is 15.4 Å². The first kappa shape index (κ1) is 18.5. The number of ether oxygens (including phenoxy) is 1. The van der Waals surface area contributed by atoms with Crippen molar-refractivity contribution in [3.8, 4) is 0 Å². The molecule has 4 nitrogen and oxygen atoms in total. The molecule has 0 radical (unpaired) electrons. The monoisotopic (exact) mass is 353 g/mol. The quantitative estimate of drug-likeness (QED) is 0.342. The van der Waals surface area contributed by atoms with Crippen LogP contribution in [0.25, 0.3) is 0 Å². The van der Waals surface area contributed by atoms with Crippen LogP contribution >= 0.6 is 23.5 Å². The molecule has 6 heteroatoms. The molecule has 2 rings (SSSR count). The predicted molar refractivity (Wildman–Crippen MR) is 103 cm³/mol. The molecule has 0 amide bonds. The van der Waals surface area contributed by atoms with Crippen molar-refractivity contribution in [2.75, 3.05) is 45.4 Å². The van der Waals surface area contributed by atoms with Crippen molar-refractivity contribution in [1.29, 1.82) is 0 Å². The van der Waals surface area contributed by atoms with Crippen molar-refractivity contribution in [1.82, 2.24) is 10.6 Å². The van der Waals surface area contributed by atoms with Gasteiger partial charge in [0.2, 0.25) is 0 Å². The number of thioether (sulfide) groups is 2. The van der Waals surface area contributed by atoms with Gasteiger partial charge in [-0.25, -0.2) is 0 Å². The Morgan fingerprint density at radius 2 is 1.96 bits per heavy atom. The lowest BCUT2D eigenvalue weighted by atomic mass is 9.99. The van der Waals surface area contributed by atoms with Gasteiger partial charge in [0, 0.05) is 48.7 Å². The maximum absolute atomic E-state index is 5.49. The zero-order valence-electron chi connectivity index (χ0n) is 14.0. The van der Waals surface area contributed by atoms with E-state index in [-0.39, 0.29) is 4.75 Å². The zero-order valence-corrected chi connectivity index (χ0v) is 15.6. The van der Waals surface area contributed by atoms with E-state index in [1.165, 1.54) is 4.90 Å². The number of benzene rings is 1. The second kappa shape index (κ2) is 10.1. The average Bonchev–Trinajstić information content (AvgIpc) is 2.63. The van der Waals surface area contributed by atoms with E-state index in [4.69, 9.17) is 4.74 Å². The maximum atomic E-state index is 5.49. The van der Waals surface area contributed by atoms with Gasteiger partial charge in [-0.05, 0) is 31.2 Å². The first-order chi connectivity index (χ1) is 11.3. The van der Waals surface area contributed by atoms with Crippen LogP contribution in [0.15, 0.2) is 40.2 Å². The molecule has 2 N–H and O–H groups in total. The fraction of sp³-hybridized carbons (Fsp3) is 0.588. The Bertz CT molecular complexity index is 476. The number of nitrogens with one attached hydrogen (secondary N) is 2. The summed E-state index contributed by atoms with van der Waals surface area (Å²) in [5, 5.41) is 6.88. The summed E-state index contributed by atoms with van der Waals surface area (Å²) in [5.74, 6) is 1.91. The van der Waals surface area contributed by atoms with Crippen LogP contribution in [-0.2, 0) is 4.74 Å². The Labute approximate surface area is 148 Å². The van der Waals surface area contributed by atoms with E-state index < -0.39 is 0 Å². The van der Waals surface area contributed by atoms with E-state index in [1.807, 2.05) is 36.6 Å². The lowest BCUT2D eigenvalue weighted by Gasteiger charge is -2.36. The fourth-order valence-corrected chi connectivity index (χ4v) is 4.10. The first-order valence-corrected chi connectivity index (χ1v) is 10.2. The Kier molecular flexibility index (Phi) is 8.12. The number of hydrogen-bond donors (Lipinski definition) is 2. The normalized spacial score (nSPS) is 17.7. The second-order valence-electron chi connectivity index (χ2n) is 5.51. The average molecular weight is 354 g/mol. The van der Waals surface area contributed by atoms with E-state index in [0.717, 1.165) is 50.9 Å². The summed E-state index contributed by atoms with van der Waals surface area (Å²) in [4.78, 5) is 5.63. The van der Waals surface area contributed by atoms with Crippen molar-refractivity contribution < 1.29 is 4.74 Å². The topological polar surface area (TPSA) is 45.7 Å². The molecule has 1 fully saturated rings. The summed E-state index contributed by atoms with van der Waals surface area (Å²) in [5.41, 5.74) is 0. The number of guanidine groups is 1. The zero-order chi connectivity index (χ0) is 16.4. The second-order valence-corrected chi connectivity index (χ2v) is 7.96. The molecular weight excluding hydrogens is 326 g/mol. The van der Waals surface area contributed by atoms with Crippen LogP contribution in [0.5, 0.6) is 0 Å². The molecule has 1 aliphatic heterocycles. The van der Waals surface area contributed by atoms with Crippen LogP contribution in [0.1, 0.15) is 12.8 Å². The minimum Gasteiger partial charge on any atom is -0.381 e. The summed E-state index contributed by atoms with van der Waals surface area (Å²) in [6.07, 6.45) is 4.39. The first-order valence-electron chi connectivity index (χ1n) is 8.03. The molecule has 1 aromatic carbocycles. The molecule has 0 spiro atoms. The summed E-state index contributed by atoms with van der Waals surface area (Å²) in [6, 6.07) is 10.5. The van der Waals surface area contributed by atoms with Crippen LogP contribution in [-0.4, -0.2) is 56.1 Å².